The number of rotatable bonds is 4. The molecule has 3 heterocycles. The van der Waals surface area contributed by atoms with Crippen LogP contribution in [0.15, 0.2) is 40.9 Å². The van der Waals surface area contributed by atoms with Crippen LogP contribution in [0.4, 0.5) is 5.69 Å². The number of hydrogen-bond donors (Lipinski definition) is 2. The molecule has 2 atom stereocenters. The van der Waals surface area contributed by atoms with Crippen LogP contribution < -0.4 is 15.4 Å². The third kappa shape index (κ3) is 4.39. The van der Waals surface area contributed by atoms with Gasteiger partial charge in [-0.25, -0.2) is 0 Å². The van der Waals surface area contributed by atoms with Crippen molar-refractivity contribution in [3.05, 3.63) is 57.0 Å². The van der Waals surface area contributed by atoms with Gasteiger partial charge in [0, 0.05) is 59.0 Å². The fourth-order valence-corrected chi connectivity index (χ4v) is 6.20. The number of likely N-dealkylation sites (tertiary alicyclic amines) is 1. The molecule has 36 heavy (non-hydrogen) atoms. The summed E-state index contributed by atoms with van der Waals surface area (Å²) in [5, 5.41) is 6.63. The number of anilines is 1. The molecule has 0 bridgehead atoms. The van der Waals surface area contributed by atoms with Gasteiger partial charge in [0.1, 0.15) is 17.3 Å². The number of ether oxygens (including phenoxy) is 1. The van der Waals surface area contributed by atoms with Crippen LogP contribution in [0.5, 0.6) is 5.75 Å². The molecule has 5 rings (SSSR count). The Labute approximate surface area is 224 Å². The summed E-state index contributed by atoms with van der Waals surface area (Å²) in [7, 11) is 0. The van der Waals surface area contributed by atoms with Gasteiger partial charge in [-0.2, -0.15) is 0 Å². The largest absolute Gasteiger partial charge is 0.490 e. The number of carbonyl (C=O) groups is 3. The zero-order valence-corrected chi connectivity index (χ0v) is 22.6. The Morgan fingerprint density at radius 3 is 2.64 bits per heavy atom. The lowest BCUT2D eigenvalue weighted by atomic mass is 9.67. The van der Waals surface area contributed by atoms with Gasteiger partial charge in [-0.1, -0.05) is 47.4 Å². The highest BCUT2D eigenvalue weighted by atomic mass is 79.9. The van der Waals surface area contributed by atoms with Crippen molar-refractivity contribution in [2.45, 2.75) is 57.1 Å². The predicted octanol–water partition coefficient (Wildman–Crippen LogP) is 4.97. The van der Waals surface area contributed by atoms with Crippen molar-refractivity contribution in [1.82, 2.24) is 10.2 Å². The number of carbonyl (C=O) groups excluding carboxylic acids is 3. The van der Waals surface area contributed by atoms with Gasteiger partial charge in [-0.3, -0.25) is 14.4 Å². The first-order chi connectivity index (χ1) is 17.2. The number of hydrogen-bond acceptors (Lipinski definition) is 4. The Balaban J connectivity index is 1.48. The molecule has 2 fully saturated rings. The van der Waals surface area contributed by atoms with E-state index in [1.807, 2.05) is 43.0 Å². The van der Waals surface area contributed by atoms with Crippen molar-refractivity contribution in [3.8, 4) is 5.75 Å². The van der Waals surface area contributed by atoms with Crippen LogP contribution in [0, 0.1) is 5.92 Å². The number of piperidine rings is 2. The van der Waals surface area contributed by atoms with Gasteiger partial charge in [0.05, 0.1) is 6.04 Å². The Morgan fingerprint density at radius 2 is 1.92 bits per heavy atom. The number of fused-ring (bicyclic) bond motifs is 2. The minimum atomic E-state index is -0.972. The topological polar surface area (TPSA) is 87.7 Å². The van der Waals surface area contributed by atoms with E-state index in [1.165, 1.54) is 0 Å². The van der Waals surface area contributed by atoms with E-state index in [0.717, 1.165) is 28.4 Å². The molecule has 3 aliphatic rings. The fraction of sp³-hybridized carbons (Fsp3) is 0.444. The second kappa shape index (κ2) is 9.71. The van der Waals surface area contributed by atoms with Gasteiger partial charge < -0.3 is 20.3 Å². The quantitative estimate of drug-likeness (QED) is 0.540. The first kappa shape index (κ1) is 25.1. The lowest BCUT2D eigenvalue weighted by Gasteiger charge is -2.41. The Hall–Kier alpha value is -2.58. The standard InChI is InChI=1S/C27H29BrClN3O4/c1-15(2)25(34)32-11-8-18(9-12-32)36-22-6-3-16(28)13-19(22)24-27(10-7-23(33)31-24)20-5-4-17(29)14-21(20)30-26(27)35/h3-6,13-15,18,24H,7-12H2,1-2H3,(H,30,35)(H,31,33)/t24-,27-/m1/s1. The normalized spacial score (nSPS) is 24.0. The fourth-order valence-electron chi connectivity index (χ4n) is 5.65. The molecule has 9 heteroatoms. The molecule has 2 saturated heterocycles. The first-order valence-electron chi connectivity index (χ1n) is 12.3. The monoisotopic (exact) mass is 573 g/mol. The van der Waals surface area contributed by atoms with E-state index in [4.69, 9.17) is 16.3 Å². The Kier molecular flexibility index (Phi) is 6.76. The summed E-state index contributed by atoms with van der Waals surface area (Å²) in [6.07, 6.45) is 2.00. The molecule has 0 saturated carbocycles. The van der Waals surface area contributed by atoms with Crippen LogP contribution >= 0.6 is 27.5 Å². The molecule has 2 N–H and O–H groups in total. The van der Waals surface area contributed by atoms with Gasteiger partial charge in [0.15, 0.2) is 0 Å². The zero-order chi connectivity index (χ0) is 25.6. The Bertz CT molecular complexity index is 1230. The molecule has 3 amide bonds. The highest BCUT2D eigenvalue weighted by molar-refractivity contribution is 9.10. The Morgan fingerprint density at radius 1 is 1.17 bits per heavy atom. The van der Waals surface area contributed by atoms with Crippen molar-refractivity contribution in [2.75, 3.05) is 18.4 Å². The van der Waals surface area contributed by atoms with Crippen molar-refractivity contribution in [3.63, 3.8) is 0 Å². The van der Waals surface area contributed by atoms with Crippen LogP contribution in [0.25, 0.3) is 0 Å². The third-order valence-corrected chi connectivity index (χ3v) is 8.21. The number of amides is 3. The second-order valence-corrected chi connectivity index (χ2v) is 11.4. The maximum atomic E-state index is 13.6. The maximum absolute atomic E-state index is 13.6. The highest BCUT2D eigenvalue weighted by Crippen LogP contribution is 2.53. The summed E-state index contributed by atoms with van der Waals surface area (Å²) in [6.45, 7) is 5.12. The molecule has 3 aliphatic heterocycles. The van der Waals surface area contributed by atoms with Gasteiger partial charge in [0.25, 0.3) is 0 Å². The number of benzene rings is 2. The summed E-state index contributed by atoms with van der Waals surface area (Å²) in [5.41, 5.74) is 1.28. The summed E-state index contributed by atoms with van der Waals surface area (Å²) in [4.78, 5) is 40.5. The third-order valence-electron chi connectivity index (χ3n) is 7.48. The minimum Gasteiger partial charge on any atom is -0.490 e. The highest BCUT2D eigenvalue weighted by Gasteiger charge is 2.56. The molecule has 190 valence electrons. The van der Waals surface area contributed by atoms with E-state index in [9.17, 15) is 14.4 Å². The number of halogens is 2. The van der Waals surface area contributed by atoms with E-state index in [-0.39, 0.29) is 36.2 Å². The van der Waals surface area contributed by atoms with Crippen molar-refractivity contribution in [2.24, 2.45) is 5.92 Å². The number of nitrogens with one attached hydrogen (secondary N) is 2. The van der Waals surface area contributed by atoms with E-state index < -0.39 is 11.5 Å². The van der Waals surface area contributed by atoms with Crippen LogP contribution in [0.1, 0.15) is 56.7 Å². The van der Waals surface area contributed by atoms with Gasteiger partial charge in [0.2, 0.25) is 17.7 Å². The average molecular weight is 575 g/mol. The molecular weight excluding hydrogens is 546 g/mol. The molecule has 0 aliphatic carbocycles. The molecular formula is C27H29BrClN3O4. The minimum absolute atomic E-state index is 0.0260. The van der Waals surface area contributed by atoms with Crippen LogP contribution in [-0.2, 0) is 19.8 Å². The first-order valence-corrected chi connectivity index (χ1v) is 13.5. The molecule has 7 nitrogen and oxygen atoms in total. The zero-order valence-electron chi connectivity index (χ0n) is 20.3. The molecule has 1 spiro atoms. The lowest BCUT2D eigenvalue weighted by molar-refractivity contribution is -0.136. The van der Waals surface area contributed by atoms with Crippen LogP contribution in [0.3, 0.4) is 0 Å². The van der Waals surface area contributed by atoms with Crippen LogP contribution in [-0.4, -0.2) is 41.8 Å². The summed E-state index contributed by atoms with van der Waals surface area (Å²) in [5.74, 6) is 0.509. The molecule has 2 aromatic carbocycles. The van der Waals surface area contributed by atoms with Gasteiger partial charge in [-0.05, 0) is 42.3 Å². The SMILES string of the molecule is CC(C)C(=O)N1CCC(Oc2ccc(Br)cc2[C@H]2NC(=O)CC[C@]23C(=O)Nc2cc(Cl)ccc23)CC1. The van der Waals surface area contributed by atoms with Crippen molar-refractivity contribution in [1.29, 1.82) is 0 Å². The van der Waals surface area contributed by atoms with E-state index in [2.05, 4.69) is 26.6 Å². The second-order valence-electron chi connectivity index (χ2n) is 10.1. The van der Waals surface area contributed by atoms with E-state index in [0.29, 0.717) is 36.0 Å². The summed E-state index contributed by atoms with van der Waals surface area (Å²) < 4.78 is 7.33. The maximum Gasteiger partial charge on any atom is 0.237 e. The lowest BCUT2D eigenvalue weighted by Crippen LogP contribution is -2.52. The predicted molar refractivity (Wildman–Crippen MR) is 141 cm³/mol. The van der Waals surface area contributed by atoms with Crippen LogP contribution in [0.2, 0.25) is 5.02 Å². The van der Waals surface area contributed by atoms with Crippen molar-refractivity contribution < 1.29 is 19.1 Å². The summed E-state index contributed by atoms with van der Waals surface area (Å²) in [6, 6.07) is 10.5. The summed E-state index contributed by atoms with van der Waals surface area (Å²) >= 11 is 9.77. The molecule has 0 aromatic heterocycles. The van der Waals surface area contributed by atoms with E-state index >= 15 is 0 Å². The molecule has 0 radical (unpaired) electrons. The number of nitrogens with zero attached hydrogens (tertiary/aromatic N) is 1. The van der Waals surface area contributed by atoms with Gasteiger partial charge in [-0.15, -0.1) is 0 Å². The smallest absolute Gasteiger partial charge is 0.237 e. The molecule has 2 aromatic rings. The van der Waals surface area contributed by atoms with E-state index in [1.54, 1.807) is 12.1 Å². The molecule has 0 unspecified atom stereocenters. The van der Waals surface area contributed by atoms with Gasteiger partial charge >= 0.3 is 0 Å². The van der Waals surface area contributed by atoms with Crippen molar-refractivity contribution >= 4 is 50.9 Å². The average Bonchev–Trinajstić information content (AvgIpc) is 3.12.